The Morgan fingerprint density at radius 1 is 1.33 bits per heavy atom. The van der Waals surface area contributed by atoms with Gasteiger partial charge in [-0.3, -0.25) is 4.68 Å². The fourth-order valence-corrected chi connectivity index (χ4v) is 2.12. The lowest BCUT2D eigenvalue weighted by atomic mass is 10.0. The lowest BCUT2D eigenvalue weighted by molar-refractivity contribution is 0.181. The fraction of sp³-hybridized carbons (Fsp3) is 0.400. The molecule has 0 spiro atoms. The molecule has 0 saturated heterocycles. The van der Waals surface area contributed by atoms with Crippen molar-refractivity contribution in [2.45, 2.75) is 37.7 Å². The van der Waals surface area contributed by atoms with E-state index in [0.717, 1.165) is 5.56 Å². The highest BCUT2D eigenvalue weighted by atomic mass is 16.3. The molecular weight excluding hydrogens is 224 g/mol. The van der Waals surface area contributed by atoms with Gasteiger partial charge in [0.2, 0.25) is 0 Å². The predicted molar refractivity (Wildman–Crippen MR) is 70.4 cm³/mol. The number of hydrogen-bond acceptors (Lipinski definition) is 2. The van der Waals surface area contributed by atoms with Crippen molar-refractivity contribution in [1.29, 1.82) is 0 Å². The van der Waals surface area contributed by atoms with Crippen LogP contribution in [0.4, 0.5) is 0 Å². The van der Waals surface area contributed by atoms with E-state index in [9.17, 15) is 5.11 Å². The van der Waals surface area contributed by atoms with Gasteiger partial charge in [-0.15, -0.1) is 0 Å². The summed E-state index contributed by atoms with van der Waals surface area (Å²) >= 11 is 0. The summed E-state index contributed by atoms with van der Waals surface area (Å²) in [6, 6.07) is 11.4. The molecule has 3 nitrogen and oxygen atoms in total. The molecule has 2 unspecified atom stereocenters. The Bertz CT molecular complexity index is 657. The summed E-state index contributed by atoms with van der Waals surface area (Å²) in [4.78, 5) is 0. The number of hydrogen-bond donors (Lipinski definition) is 1. The molecular formula is C15H18N2O. The molecule has 1 fully saturated rings. The van der Waals surface area contributed by atoms with Gasteiger partial charge in [-0.25, -0.2) is 0 Å². The normalized spacial score (nSPS) is 32.3. The molecule has 1 aliphatic carbocycles. The van der Waals surface area contributed by atoms with Gasteiger partial charge in [0.05, 0.1) is 18.3 Å². The summed E-state index contributed by atoms with van der Waals surface area (Å²) in [6.07, 6.45) is -3.63. The summed E-state index contributed by atoms with van der Waals surface area (Å²) in [6.45, 7) is 0.544. The second kappa shape index (κ2) is 4.94. The molecule has 3 rings (SSSR count). The topological polar surface area (TPSA) is 38.0 Å². The first-order chi connectivity index (χ1) is 10.3. The first-order valence-corrected chi connectivity index (χ1v) is 6.06. The maximum Gasteiger partial charge on any atom is 0.0659 e. The van der Waals surface area contributed by atoms with Crippen molar-refractivity contribution in [3.8, 4) is 0 Å². The molecule has 18 heavy (non-hydrogen) atoms. The van der Waals surface area contributed by atoms with Crippen molar-refractivity contribution in [2.24, 2.45) is 0 Å². The highest BCUT2D eigenvalue weighted by Crippen LogP contribution is 2.33. The van der Waals surface area contributed by atoms with E-state index in [-0.39, 0.29) is 6.42 Å². The standard InChI is InChI=1S/C15H18N2O/c18-14-7-6-13(10-14)15-8-9-17(16-15)11-12-4-2-1-3-5-12/h1-5,8-9,13-14,18H,6-7,10-11H2/i6D2,10D2. The minimum atomic E-state index is -2.02. The third-order valence-corrected chi connectivity index (χ3v) is 3.02. The molecule has 0 amide bonds. The van der Waals surface area contributed by atoms with Crippen LogP contribution in [0.5, 0.6) is 0 Å². The molecule has 1 heterocycles. The van der Waals surface area contributed by atoms with Crippen LogP contribution in [0.15, 0.2) is 42.6 Å². The van der Waals surface area contributed by atoms with Crippen LogP contribution in [0.2, 0.25) is 0 Å². The van der Waals surface area contributed by atoms with Crippen molar-refractivity contribution in [3.05, 3.63) is 53.9 Å². The van der Waals surface area contributed by atoms with E-state index in [1.54, 1.807) is 16.9 Å². The van der Waals surface area contributed by atoms with E-state index in [1.165, 1.54) is 0 Å². The van der Waals surface area contributed by atoms with E-state index in [4.69, 9.17) is 5.48 Å². The van der Waals surface area contributed by atoms with Crippen LogP contribution >= 0.6 is 0 Å². The quantitative estimate of drug-likeness (QED) is 0.904. The molecule has 94 valence electrons. The summed E-state index contributed by atoms with van der Waals surface area (Å²) in [5.41, 5.74) is 1.41. The van der Waals surface area contributed by atoms with Gasteiger partial charge in [-0.1, -0.05) is 30.3 Å². The maximum atomic E-state index is 9.82. The lowest BCUT2D eigenvalue weighted by Gasteiger charge is -2.05. The van der Waals surface area contributed by atoms with Gasteiger partial charge in [0.15, 0.2) is 0 Å². The second-order valence-corrected chi connectivity index (χ2v) is 4.45. The zero-order valence-corrected chi connectivity index (χ0v) is 9.95. The SMILES string of the molecule is [2H]C1([2H])CC(O)C([2H])([2H])C1c1ccn(Cc2ccccc2)n1. The zero-order valence-electron chi connectivity index (χ0n) is 14.0. The lowest BCUT2D eigenvalue weighted by Crippen LogP contribution is -2.03. The van der Waals surface area contributed by atoms with E-state index in [2.05, 4.69) is 5.10 Å². The fourth-order valence-electron chi connectivity index (χ4n) is 2.12. The van der Waals surface area contributed by atoms with Gasteiger partial charge in [0.1, 0.15) is 0 Å². The van der Waals surface area contributed by atoms with Gasteiger partial charge >= 0.3 is 0 Å². The van der Waals surface area contributed by atoms with E-state index >= 15 is 0 Å². The molecule has 0 radical (unpaired) electrons. The van der Waals surface area contributed by atoms with Crippen molar-refractivity contribution in [2.75, 3.05) is 0 Å². The highest BCUT2D eigenvalue weighted by molar-refractivity contribution is 5.16. The van der Waals surface area contributed by atoms with Gasteiger partial charge in [0, 0.05) is 17.6 Å². The monoisotopic (exact) mass is 246 g/mol. The van der Waals surface area contributed by atoms with Crippen LogP contribution in [-0.2, 0) is 6.54 Å². The average molecular weight is 246 g/mol. The molecule has 1 aromatic heterocycles. The molecule has 0 aliphatic heterocycles. The van der Waals surface area contributed by atoms with Crippen LogP contribution in [0.3, 0.4) is 0 Å². The molecule has 3 heteroatoms. The first kappa shape index (κ1) is 7.74. The van der Waals surface area contributed by atoms with Crippen LogP contribution < -0.4 is 0 Å². The number of rotatable bonds is 3. The summed E-state index contributed by atoms with van der Waals surface area (Å²) < 4.78 is 33.7. The van der Waals surface area contributed by atoms with Crippen molar-refractivity contribution >= 4 is 0 Å². The summed E-state index contributed by atoms with van der Waals surface area (Å²) in [5, 5.41) is 14.2. The average Bonchev–Trinajstić information content (AvgIpc) is 2.92. The largest absolute Gasteiger partial charge is 0.393 e. The Labute approximate surface area is 113 Å². The van der Waals surface area contributed by atoms with Crippen molar-refractivity contribution < 1.29 is 10.6 Å². The number of nitrogens with zero attached hydrogens (tertiary/aromatic N) is 2. The number of aliphatic hydroxyl groups excluding tert-OH is 1. The van der Waals surface area contributed by atoms with Crippen LogP contribution in [0.25, 0.3) is 0 Å². The molecule has 1 saturated carbocycles. The minimum Gasteiger partial charge on any atom is -0.393 e. The maximum absolute atomic E-state index is 9.82. The Balaban J connectivity index is 1.87. The Morgan fingerprint density at radius 3 is 2.89 bits per heavy atom. The molecule has 1 N–H and O–H groups in total. The van der Waals surface area contributed by atoms with Gasteiger partial charge < -0.3 is 5.11 Å². The van der Waals surface area contributed by atoms with E-state index < -0.39 is 24.8 Å². The van der Waals surface area contributed by atoms with E-state index in [0.29, 0.717) is 12.2 Å². The van der Waals surface area contributed by atoms with Crippen molar-refractivity contribution in [1.82, 2.24) is 9.78 Å². The van der Waals surface area contributed by atoms with E-state index in [1.807, 2.05) is 30.3 Å². The Kier molecular flexibility index (Phi) is 2.13. The third kappa shape index (κ3) is 2.46. The second-order valence-electron chi connectivity index (χ2n) is 4.45. The first-order valence-electron chi connectivity index (χ1n) is 8.06. The molecule has 1 aromatic carbocycles. The molecule has 2 atom stereocenters. The number of aromatic nitrogens is 2. The summed E-state index contributed by atoms with van der Waals surface area (Å²) in [7, 11) is 0. The Morgan fingerprint density at radius 2 is 2.17 bits per heavy atom. The van der Waals surface area contributed by atoms with Gasteiger partial charge in [0.25, 0.3) is 0 Å². The predicted octanol–water partition coefficient (Wildman–Crippen LogP) is 2.56. The van der Waals surface area contributed by atoms with Crippen LogP contribution in [0.1, 0.15) is 41.8 Å². The smallest absolute Gasteiger partial charge is 0.0659 e. The minimum absolute atomic E-state index is 0.212. The van der Waals surface area contributed by atoms with Crippen molar-refractivity contribution in [3.63, 3.8) is 0 Å². The molecule has 1 aliphatic rings. The highest BCUT2D eigenvalue weighted by Gasteiger charge is 2.25. The molecule has 0 bridgehead atoms. The van der Waals surface area contributed by atoms with Gasteiger partial charge in [-0.2, -0.15) is 5.10 Å². The van der Waals surface area contributed by atoms with Crippen LogP contribution in [0, 0.1) is 0 Å². The van der Waals surface area contributed by atoms with Crippen LogP contribution in [-0.4, -0.2) is 21.0 Å². The Hall–Kier alpha value is -1.61. The number of aliphatic hydroxyl groups is 1. The molecule has 2 aromatic rings. The third-order valence-electron chi connectivity index (χ3n) is 3.02. The number of benzene rings is 1. The van der Waals surface area contributed by atoms with Gasteiger partial charge in [-0.05, 0) is 30.8 Å². The summed E-state index contributed by atoms with van der Waals surface area (Å²) in [5.74, 6) is -1.06. The zero-order chi connectivity index (χ0) is 16.0.